The van der Waals surface area contributed by atoms with E-state index in [0.29, 0.717) is 0 Å². The standard InChI is InChI=1S/C7H8BNS/c1-2-10-7-3-6(8)4-9-5-7/h3-5H,2H2,1H3. The third-order valence-electron chi connectivity index (χ3n) is 1.05. The van der Waals surface area contributed by atoms with E-state index < -0.39 is 0 Å². The second-order valence-electron chi connectivity index (χ2n) is 1.89. The average molecular weight is 149 g/mol. The highest BCUT2D eigenvalue weighted by Crippen LogP contribution is 2.13. The molecule has 0 aliphatic carbocycles. The molecule has 0 aliphatic rings. The van der Waals surface area contributed by atoms with Crippen molar-refractivity contribution in [3.8, 4) is 0 Å². The molecule has 0 bridgehead atoms. The maximum absolute atomic E-state index is 5.51. The van der Waals surface area contributed by atoms with Crippen molar-refractivity contribution < 1.29 is 0 Å². The summed E-state index contributed by atoms with van der Waals surface area (Å²) >= 11 is 1.75. The van der Waals surface area contributed by atoms with Crippen LogP contribution in [0.2, 0.25) is 0 Å². The molecule has 50 valence electrons. The van der Waals surface area contributed by atoms with Gasteiger partial charge in [-0.25, -0.2) is 0 Å². The smallest absolute Gasteiger partial charge is 0.116 e. The van der Waals surface area contributed by atoms with E-state index in [1.165, 1.54) is 0 Å². The number of aromatic nitrogens is 1. The highest BCUT2D eigenvalue weighted by atomic mass is 32.2. The molecule has 1 aromatic heterocycles. The number of pyridine rings is 1. The Balaban J connectivity index is 2.75. The van der Waals surface area contributed by atoms with E-state index in [9.17, 15) is 0 Å². The molecule has 0 amide bonds. The van der Waals surface area contributed by atoms with E-state index in [2.05, 4.69) is 11.9 Å². The van der Waals surface area contributed by atoms with Gasteiger partial charge >= 0.3 is 0 Å². The Kier molecular flexibility index (Phi) is 2.81. The fourth-order valence-corrected chi connectivity index (χ4v) is 1.37. The van der Waals surface area contributed by atoms with Crippen molar-refractivity contribution >= 4 is 25.1 Å². The van der Waals surface area contributed by atoms with Gasteiger partial charge in [0.05, 0.1) is 0 Å². The number of hydrogen-bond donors (Lipinski definition) is 0. The molecule has 0 N–H and O–H groups in total. The summed E-state index contributed by atoms with van der Waals surface area (Å²) in [4.78, 5) is 5.10. The van der Waals surface area contributed by atoms with Crippen LogP contribution in [-0.4, -0.2) is 18.6 Å². The van der Waals surface area contributed by atoms with E-state index in [0.717, 1.165) is 16.1 Å². The van der Waals surface area contributed by atoms with Crippen LogP contribution < -0.4 is 5.46 Å². The molecule has 3 heteroatoms. The Morgan fingerprint density at radius 3 is 3.00 bits per heavy atom. The molecule has 0 saturated heterocycles. The summed E-state index contributed by atoms with van der Waals surface area (Å²) < 4.78 is 0. The molecule has 1 aromatic rings. The van der Waals surface area contributed by atoms with Crippen LogP contribution in [0, 0.1) is 0 Å². The van der Waals surface area contributed by atoms with Crippen LogP contribution in [0.5, 0.6) is 0 Å². The molecule has 10 heavy (non-hydrogen) atoms. The first kappa shape index (κ1) is 7.67. The van der Waals surface area contributed by atoms with Crippen LogP contribution in [0.1, 0.15) is 6.92 Å². The minimum absolute atomic E-state index is 0.735. The number of nitrogens with zero attached hydrogens (tertiary/aromatic N) is 1. The van der Waals surface area contributed by atoms with Gasteiger partial charge in [0.25, 0.3) is 0 Å². The SMILES string of the molecule is [B]c1cncc(SCC)c1. The van der Waals surface area contributed by atoms with E-state index >= 15 is 0 Å². The van der Waals surface area contributed by atoms with Gasteiger partial charge in [-0.1, -0.05) is 18.5 Å². The minimum atomic E-state index is 0.735. The lowest BCUT2D eigenvalue weighted by Crippen LogP contribution is -2.01. The molecule has 1 heterocycles. The van der Waals surface area contributed by atoms with Gasteiger partial charge in [-0.15, -0.1) is 11.8 Å². The predicted molar refractivity (Wildman–Crippen MR) is 46.0 cm³/mol. The first-order chi connectivity index (χ1) is 4.83. The fraction of sp³-hybridized carbons (Fsp3) is 0.286. The maximum atomic E-state index is 5.51. The molecule has 0 aromatic carbocycles. The van der Waals surface area contributed by atoms with Gasteiger partial charge < -0.3 is 0 Å². The van der Waals surface area contributed by atoms with Gasteiger partial charge in [0.2, 0.25) is 0 Å². The lowest BCUT2D eigenvalue weighted by molar-refractivity contribution is 1.25. The second-order valence-corrected chi connectivity index (χ2v) is 3.22. The second kappa shape index (κ2) is 3.66. The van der Waals surface area contributed by atoms with Gasteiger partial charge in [-0.3, -0.25) is 4.98 Å². The third-order valence-corrected chi connectivity index (χ3v) is 1.89. The number of thioether (sulfide) groups is 1. The zero-order chi connectivity index (χ0) is 7.40. The summed E-state index contributed by atoms with van der Waals surface area (Å²) in [6, 6.07) is 1.93. The zero-order valence-electron chi connectivity index (χ0n) is 5.87. The molecule has 0 fully saturated rings. The Morgan fingerprint density at radius 1 is 1.60 bits per heavy atom. The molecular formula is C7H8BNS. The van der Waals surface area contributed by atoms with Crippen molar-refractivity contribution in [3.05, 3.63) is 18.5 Å². The van der Waals surface area contributed by atoms with Gasteiger partial charge in [0.1, 0.15) is 7.85 Å². The molecule has 0 aliphatic heterocycles. The van der Waals surface area contributed by atoms with Crippen LogP contribution in [0.15, 0.2) is 23.4 Å². The molecule has 1 nitrogen and oxygen atoms in total. The molecule has 0 atom stereocenters. The Labute approximate surface area is 66.7 Å². The first-order valence-corrected chi connectivity index (χ1v) is 4.15. The van der Waals surface area contributed by atoms with Crippen LogP contribution in [0.25, 0.3) is 0 Å². The Bertz CT molecular complexity index is 215. The van der Waals surface area contributed by atoms with E-state index in [1.807, 2.05) is 12.3 Å². The van der Waals surface area contributed by atoms with Gasteiger partial charge in [0.15, 0.2) is 0 Å². The van der Waals surface area contributed by atoms with Crippen molar-refractivity contribution in [2.45, 2.75) is 11.8 Å². The van der Waals surface area contributed by atoms with E-state index in [-0.39, 0.29) is 0 Å². The summed E-state index contributed by atoms with van der Waals surface area (Å²) in [5, 5.41) is 0. The quantitative estimate of drug-likeness (QED) is 0.459. The van der Waals surface area contributed by atoms with Crippen LogP contribution >= 0.6 is 11.8 Å². The third kappa shape index (κ3) is 2.07. The van der Waals surface area contributed by atoms with Crippen LogP contribution in [-0.2, 0) is 0 Å². The van der Waals surface area contributed by atoms with Crippen molar-refractivity contribution in [2.24, 2.45) is 0 Å². The largest absolute Gasteiger partial charge is 0.264 e. The fourth-order valence-electron chi connectivity index (χ4n) is 0.681. The lowest BCUT2D eigenvalue weighted by Gasteiger charge is -1.97. The summed E-state index contributed by atoms with van der Waals surface area (Å²) in [6.07, 6.45) is 3.48. The highest BCUT2D eigenvalue weighted by molar-refractivity contribution is 7.99. The number of rotatable bonds is 2. The van der Waals surface area contributed by atoms with Gasteiger partial charge in [0, 0.05) is 17.3 Å². The topological polar surface area (TPSA) is 12.9 Å². The summed E-state index contributed by atoms with van der Waals surface area (Å²) in [6.45, 7) is 2.11. The minimum Gasteiger partial charge on any atom is -0.264 e. The van der Waals surface area contributed by atoms with Crippen molar-refractivity contribution in [3.63, 3.8) is 0 Å². The maximum Gasteiger partial charge on any atom is 0.116 e. The molecule has 0 spiro atoms. The monoisotopic (exact) mass is 149 g/mol. The highest BCUT2D eigenvalue weighted by Gasteiger charge is 1.90. The average Bonchev–Trinajstić information content (AvgIpc) is 1.88. The summed E-state index contributed by atoms with van der Waals surface area (Å²) in [5.74, 6) is 1.06. The van der Waals surface area contributed by atoms with Crippen molar-refractivity contribution in [1.82, 2.24) is 4.98 Å². The first-order valence-electron chi connectivity index (χ1n) is 3.16. The predicted octanol–water partition coefficient (Wildman–Crippen LogP) is 0.987. The zero-order valence-corrected chi connectivity index (χ0v) is 6.69. The van der Waals surface area contributed by atoms with Gasteiger partial charge in [-0.05, 0) is 5.75 Å². The van der Waals surface area contributed by atoms with E-state index in [1.54, 1.807) is 18.0 Å². The van der Waals surface area contributed by atoms with Crippen molar-refractivity contribution in [2.75, 3.05) is 5.75 Å². The summed E-state index contributed by atoms with van der Waals surface area (Å²) in [7, 11) is 5.51. The van der Waals surface area contributed by atoms with Crippen LogP contribution in [0.4, 0.5) is 0 Å². The van der Waals surface area contributed by atoms with Crippen LogP contribution in [0.3, 0.4) is 0 Å². The molecule has 2 radical (unpaired) electrons. The number of hydrogen-bond acceptors (Lipinski definition) is 2. The Morgan fingerprint density at radius 2 is 2.40 bits per heavy atom. The normalized spacial score (nSPS) is 9.70. The lowest BCUT2D eigenvalue weighted by atomic mass is 9.99. The Hall–Kier alpha value is -0.435. The molecule has 0 saturated carbocycles. The summed E-state index contributed by atoms with van der Waals surface area (Å²) in [5.41, 5.74) is 0.735. The van der Waals surface area contributed by atoms with E-state index in [4.69, 9.17) is 7.85 Å². The van der Waals surface area contributed by atoms with Crippen molar-refractivity contribution in [1.29, 1.82) is 0 Å². The molecule has 1 rings (SSSR count). The molecule has 0 unspecified atom stereocenters. The molecular weight excluding hydrogens is 141 g/mol. The van der Waals surface area contributed by atoms with Gasteiger partial charge in [-0.2, -0.15) is 0 Å².